The third-order valence-electron chi connectivity index (χ3n) is 4.92. The average Bonchev–Trinajstić information content (AvgIpc) is 2.88. The number of Topliss-reactive ketones (excluding diaryl/α,β-unsaturated/α-hetero) is 1. The van der Waals surface area contributed by atoms with Crippen LogP contribution in [0.25, 0.3) is 0 Å². The van der Waals surface area contributed by atoms with Crippen LogP contribution >= 0.6 is 0 Å². The first-order chi connectivity index (χ1) is 17.7. The average molecular weight is 508 g/mol. The van der Waals surface area contributed by atoms with Gasteiger partial charge in [0.15, 0.2) is 18.4 Å². The Morgan fingerprint density at radius 1 is 0.730 bits per heavy atom. The molecule has 0 amide bonds. The van der Waals surface area contributed by atoms with E-state index in [9.17, 15) is 34.6 Å². The Hall–Kier alpha value is -5.13. The van der Waals surface area contributed by atoms with E-state index in [1.165, 1.54) is 43.3 Å². The Morgan fingerprint density at radius 3 is 1.57 bits per heavy atom. The van der Waals surface area contributed by atoms with Gasteiger partial charge in [-0.2, -0.15) is 0 Å². The van der Waals surface area contributed by atoms with E-state index in [0.29, 0.717) is 29.4 Å². The second-order valence-electron chi connectivity index (χ2n) is 7.74. The summed E-state index contributed by atoms with van der Waals surface area (Å²) in [4.78, 5) is 54.4. The highest BCUT2D eigenvalue weighted by atomic mass is 16.6. The molecule has 0 unspecified atom stereocenters. The van der Waals surface area contributed by atoms with Gasteiger partial charge in [0, 0.05) is 12.1 Å². The minimum Gasteiger partial charge on any atom is -0.489 e. The lowest BCUT2D eigenvalue weighted by molar-refractivity contribution is -0.385. The second-order valence-corrected chi connectivity index (χ2v) is 7.74. The van der Waals surface area contributed by atoms with Gasteiger partial charge in [0.25, 0.3) is 11.4 Å². The van der Waals surface area contributed by atoms with E-state index < -0.39 is 9.85 Å². The van der Waals surface area contributed by atoms with E-state index >= 15 is 0 Å². The van der Waals surface area contributed by atoms with Gasteiger partial charge in [-0.3, -0.25) is 34.6 Å². The van der Waals surface area contributed by atoms with Crippen molar-refractivity contribution < 1.29 is 38.4 Å². The zero-order chi connectivity index (χ0) is 26.9. The number of rotatable bonds is 13. The number of carbonyl (C=O) groups is 3. The molecule has 12 nitrogen and oxygen atoms in total. The lowest BCUT2D eigenvalue weighted by atomic mass is 10.1. The zero-order valence-corrected chi connectivity index (χ0v) is 19.4. The number of ether oxygens (including phenoxy) is 3. The van der Waals surface area contributed by atoms with Crippen LogP contribution in [0.4, 0.5) is 11.4 Å². The van der Waals surface area contributed by atoms with Gasteiger partial charge >= 0.3 is 0 Å². The maximum Gasteiger partial charge on any atom is 0.280 e. The van der Waals surface area contributed by atoms with Crippen LogP contribution in [0.2, 0.25) is 0 Å². The molecule has 0 fully saturated rings. The molecule has 0 saturated carbocycles. The first-order valence-electron chi connectivity index (χ1n) is 10.7. The van der Waals surface area contributed by atoms with Crippen LogP contribution in [0, 0.1) is 20.2 Å². The number of ketones is 1. The van der Waals surface area contributed by atoms with Gasteiger partial charge in [-0.25, -0.2) is 0 Å². The van der Waals surface area contributed by atoms with Crippen LogP contribution in [0.1, 0.15) is 38.8 Å². The Balaban J connectivity index is 1.80. The normalized spacial score (nSPS) is 10.3. The molecule has 0 spiro atoms. The van der Waals surface area contributed by atoms with Crippen LogP contribution in [-0.2, 0) is 18.0 Å². The number of benzene rings is 3. The molecule has 3 rings (SSSR count). The Bertz CT molecular complexity index is 1280. The topological polar surface area (TPSA) is 165 Å². The van der Waals surface area contributed by atoms with E-state index in [4.69, 9.17) is 14.2 Å². The number of nitrogens with zero attached hydrogens (tertiary/aromatic N) is 2. The summed E-state index contributed by atoms with van der Waals surface area (Å²) in [5.41, 5.74) is 0.252. The number of nitro benzene ring substituents is 2. The standard InChI is InChI=1S/C25H20N2O10/c1-16(30)13-35-23-7-17(14-36-21-2-4-24(26(31)32)19(9-21)11-28)6-18(8-23)15-37-22-3-5-25(27(33)34)20(10-22)12-29/h2-12H,13-15H2,1H3. The first kappa shape index (κ1) is 26.5. The molecule has 3 aromatic carbocycles. The summed E-state index contributed by atoms with van der Waals surface area (Å²) in [5.74, 6) is 0.615. The second kappa shape index (κ2) is 12.0. The quantitative estimate of drug-likeness (QED) is 0.185. The van der Waals surface area contributed by atoms with E-state index in [1.54, 1.807) is 18.2 Å². The van der Waals surface area contributed by atoms with Crippen molar-refractivity contribution in [3.63, 3.8) is 0 Å². The van der Waals surface area contributed by atoms with Gasteiger partial charge in [-0.15, -0.1) is 0 Å². The fourth-order valence-corrected chi connectivity index (χ4v) is 3.26. The van der Waals surface area contributed by atoms with Gasteiger partial charge in [0.05, 0.1) is 21.0 Å². The zero-order valence-electron chi connectivity index (χ0n) is 19.4. The molecule has 0 N–H and O–H groups in total. The van der Waals surface area contributed by atoms with E-state index in [-0.39, 0.29) is 59.6 Å². The molecule has 3 aromatic rings. The largest absolute Gasteiger partial charge is 0.489 e. The Kier molecular flexibility index (Phi) is 8.60. The van der Waals surface area contributed by atoms with Gasteiger partial charge in [0.1, 0.15) is 37.1 Å². The maximum absolute atomic E-state index is 11.4. The van der Waals surface area contributed by atoms with E-state index in [2.05, 4.69) is 0 Å². The van der Waals surface area contributed by atoms with Crippen molar-refractivity contribution in [1.29, 1.82) is 0 Å². The third-order valence-corrected chi connectivity index (χ3v) is 4.92. The molecule has 37 heavy (non-hydrogen) atoms. The SMILES string of the molecule is CC(=O)COc1cc(COc2ccc([N+](=O)[O-])c(C=O)c2)cc(COc2ccc([N+](=O)[O-])c(C=O)c2)c1. The lowest BCUT2D eigenvalue weighted by Crippen LogP contribution is -2.08. The molecule has 0 bridgehead atoms. The summed E-state index contributed by atoms with van der Waals surface area (Å²) >= 11 is 0. The van der Waals surface area contributed by atoms with Crippen molar-refractivity contribution in [1.82, 2.24) is 0 Å². The summed E-state index contributed by atoms with van der Waals surface area (Å²) in [6, 6.07) is 12.6. The molecule has 12 heteroatoms. The van der Waals surface area contributed by atoms with Crippen molar-refractivity contribution in [3.05, 3.63) is 97.1 Å². The summed E-state index contributed by atoms with van der Waals surface area (Å²) in [7, 11) is 0. The molecule has 0 saturated heterocycles. The van der Waals surface area contributed by atoms with Crippen LogP contribution < -0.4 is 14.2 Å². The smallest absolute Gasteiger partial charge is 0.280 e. The Morgan fingerprint density at radius 2 is 1.19 bits per heavy atom. The highest BCUT2D eigenvalue weighted by molar-refractivity contribution is 5.82. The fourth-order valence-electron chi connectivity index (χ4n) is 3.26. The van der Waals surface area contributed by atoms with Crippen LogP contribution in [0.3, 0.4) is 0 Å². The first-order valence-corrected chi connectivity index (χ1v) is 10.7. The molecule has 0 atom stereocenters. The van der Waals surface area contributed by atoms with Gasteiger partial charge in [0.2, 0.25) is 0 Å². The molecule has 0 radical (unpaired) electrons. The number of carbonyl (C=O) groups excluding carboxylic acids is 3. The van der Waals surface area contributed by atoms with Crippen molar-refractivity contribution in [2.45, 2.75) is 20.1 Å². The van der Waals surface area contributed by atoms with Gasteiger partial charge in [-0.1, -0.05) is 0 Å². The highest BCUT2D eigenvalue weighted by Gasteiger charge is 2.15. The molecule has 0 heterocycles. The van der Waals surface area contributed by atoms with Gasteiger partial charge in [-0.05, 0) is 60.5 Å². The summed E-state index contributed by atoms with van der Waals surface area (Å²) in [6.45, 7) is 1.19. The van der Waals surface area contributed by atoms with Crippen molar-refractivity contribution in [3.8, 4) is 17.2 Å². The van der Waals surface area contributed by atoms with Crippen molar-refractivity contribution >= 4 is 29.7 Å². The molecule has 0 aliphatic carbocycles. The summed E-state index contributed by atoms with van der Waals surface area (Å²) in [5, 5.41) is 22.0. The molecule has 0 aliphatic rings. The molecule has 0 aromatic heterocycles. The number of aldehydes is 2. The molecule has 190 valence electrons. The predicted octanol–water partition coefficient (Wildman–Crippen LogP) is 4.25. The lowest BCUT2D eigenvalue weighted by Gasteiger charge is -2.13. The molecular formula is C25H20N2O10. The predicted molar refractivity (Wildman–Crippen MR) is 128 cm³/mol. The third kappa shape index (κ3) is 7.18. The minimum atomic E-state index is -0.668. The number of hydrogen-bond donors (Lipinski definition) is 0. The molecule has 0 aliphatic heterocycles. The van der Waals surface area contributed by atoms with Crippen LogP contribution in [-0.4, -0.2) is 34.8 Å². The van der Waals surface area contributed by atoms with Crippen molar-refractivity contribution in [2.75, 3.05) is 6.61 Å². The van der Waals surface area contributed by atoms with E-state index in [0.717, 1.165) is 0 Å². The van der Waals surface area contributed by atoms with Crippen LogP contribution in [0.15, 0.2) is 54.6 Å². The Labute approximate surface area is 209 Å². The molecular weight excluding hydrogens is 488 g/mol. The highest BCUT2D eigenvalue weighted by Crippen LogP contribution is 2.26. The minimum absolute atomic E-state index is 0.00674. The van der Waals surface area contributed by atoms with Crippen LogP contribution in [0.5, 0.6) is 17.2 Å². The summed E-state index contributed by atoms with van der Waals surface area (Å²) < 4.78 is 16.9. The van der Waals surface area contributed by atoms with Gasteiger partial charge < -0.3 is 14.2 Å². The van der Waals surface area contributed by atoms with E-state index in [1.807, 2.05) is 0 Å². The summed E-state index contributed by atoms with van der Waals surface area (Å²) in [6.07, 6.45) is 0.732. The number of hydrogen-bond acceptors (Lipinski definition) is 10. The fraction of sp³-hybridized carbons (Fsp3) is 0.160. The monoisotopic (exact) mass is 508 g/mol. The van der Waals surface area contributed by atoms with Crippen molar-refractivity contribution in [2.24, 2.45) is 0 Å². The maximum atomic E-state index is 11.4. The number of nitro groups is 2.